The molecule has 44 heavy (non-hydrogen) atoms. The number of nitrogens with zero attached hydrogens (tertiary/aromatic N) is 1. The SMILES string of the molecule is C[C@H]1[C@H]2C(C(=O)c3c(ccc(-c4ccc(C=O)c5ccccc45)c3O)[C@@H]2C)C(=O)[C@]2(O)C(=O)C(C(N)=O)C(=O)[C@@H](N(C)C)[C@H]12. The Balaban J connectivity index is 1.54. The van der Waals surface area contributed by atoms with Gasteiger partial charge in [0.15, 0.2) is 40.9 Å². The molecule has 2 unspecified atom stereocenters. The first-order chi connectivity index (χ1) is 20.8. The molecule has 1 amide bonds. The molecule has 3 aliphatic carbocycles. The first-order valence-electron chi connectivity index (χ1n) is 14.5. The number of hydrogen-bond donors (Lipinski definition) is 3. The average Bonchev–Trinajstić information content (AvgIpc) is 2.98. The number of amides is 1. The van der Waals surface area contributed by atoms with Crippen LogP contribution in [0.3, 0.4) is 0 Å². The number of Topliss-reactive ketones (excluding diaryl/α,β-unsaturated/α-hetero) is 4. The Bertz CT molecular complexity index is 1830. The summed E-state index contributed by atoms with van der Waals surface area (Å²) in [7, 11) is 3.10. The quantitative estimate of drug-likeness (QED) is 0.302. The van der Waals surface area contributed by atoms with E-state index in [-0.39, 0.29) is 11.3 Å². The normalized spacial score (nSPS) is 31.5. The summed E-state index contributed by atoms with van der Waals surface area (Å²) in [5.41, 5.74) is 4.36. The van der Waals surface area contributed by atoms with Gasteiger partial charge in [-0.2, -0.15) is 0 Å². The van der Waals surface area contributed by atoms with E-state index in [2.05, 4.69) is 0 Å². The highest BCUT2D eigenvalue weighted by Crippen LogP contribution is 2.57. The number of phenolic OH excluding ortho intramolecular Hbond substituents is 1. The third-order valence-electron chi connectivity index (χ3n) is 10.3. The summed E-state index contributed by atoms with van der Waals surface area (Å²) in [4.78, 5) is 81.1. The van der Waals surface area contributed by atoms with E-state index in [0.717, 1.165) is 6.29 Å². The molecule has 226 valence electrons. The van der Waals surface area contributed by atoms with E-state index in [9.17, 15) is 39.0 Å². The van der Waals surface area contributed by atoms with Gasteiger partial charge in [-0.15, -0.1) is 0 Å². The van der Waals surface area contributed by atoms with Gasteiger partial charge in [0.1, 0.15) is 5.75 Å². The average molecular weight is 597 g/mol. The lowest BCUT2D eigenvalue weighted by molar-refractivity contribution is -0.188. The number of benzene rings is 3. The van der Waals surface area contributed by atoms with Crippen molar-refractivity contribution in [2.45, 2.75) is 31.4 Å². The van der Waals surface area contributed by atoms with Crippen molar-refractivity contribution in [3.05, 3.63) is 65.2 Å². The van der Waals surface area contributed by atoms with E-state index < -0.39 is 76.2 Å². The van der Waals surface area contributed by atoms with Crippen LogP contribution in [0.1, 0.15) is 46.0 Å². The number of fused-ring (bicyclic) bond motifs is 4. The molecule has 10 nitrogen and oxygen atoms in total. The number of nitrogens with two attached hydrogens (primary N) is 1. The van der Waals surface area contributed by atoms with Gasteiger partial charge in [0.2, 0.25) is 5.91 Å². The Morgan fingerprint density at radius 1 is 0.932 bits per heavy atom. The molecular formula is C34H32N2O8. The summed E-state index contributed by atoms with van der Waals surface area (Å²) >= 11 is 0. The number of phenols is 1. The summed E-state index contributed by atoms with van der Waals surface area (Å²) in [6.07, 6.45) is 0.738. The number of carbonyl (C=O) groups excluding carboxylic acids is 6. The van der Waals surface area contributed by atoms with Crippen LogP contribution in [-0.2, 0) is 19.2 Å². The van der Waals surface area contributed by atoms with Crippen LogP contribution in [0.15, 0.2) is 48.5 Å². The van der Waals surface area contributed by atoms with Gasteiger partial charge in [-0.25, -0.2) is 0 Å². The van der Waals surface area contributed by atoms with Crippen molar-refractivity contribution in [3.8, 4) is 16.9 Å². The number of aldehydes is 1. The second-order valence-corrected chi connectivity index (χ2v) is 12.5. The number of ketones is 4. The summed E-state index contributed by atoms with van der Waals surface area (Å²) < 4.78 is 0. The highest BCUT2D eigenvalue weighted by molar-refractivity contribution is 6.32. The molecule has 0 radical (unpaired) electrons. The zero-order valence-electron chi connectivity index (χ0n) is 24.6. The van der Waals surface area contributed by atoms with Crippen LogP contribution in [-0.4, -0.2) is 76.2 Å². The van der Waals surface area contributed by atoms with Crippen molar-refractivity contribution >= 4 is 46.1 Å². The molecule has 0 bridgehead atoms. The first kappa shape index (κ1) is 29.5. The Morgan fingerprint density at radius 2 is 1.57 bits per heavy atom. The van der Waals surface area contributed by atoms with Crippen LogP contribution in [0, 0.1) is 29.6 Å². The summed E-state index contributed by atoms with van der Waals surface area (Å²) in [6.45, 7) is 3.51. The fourth-order valence-corrected chi connectivity index (χ4v) is 8.37. The van der Waals surface area contributed by atoms with Gasteiger partial charge < -0.3 is 15.9 Å². The van der Waals surface area contributed by atoms with Gasteiger partial charge in [0.25, 0.3) is 0 Å². The van der Waals surface area contributed by atoms with Crippen LogP contribution < -0.4 is 5.73 Å². The van der Waals surface area contributed by atoms with Crippen molar-refractivity contribution in [3.63, 3.8) is 0 Å². The monoisotopic (exact) mass is 596 g/mol. The molecule has 8 atom stereocenters. The molecule has 6 rings (SSSR count). The third kappa shape index (κ3) is 3.67. The second-order valence-electron chi connectivity index (χ2n) is 12.5. The summed E-state index contributed by atoms with van der Waals surface area (Å²) in [6, 6.07) is 12.7. The molecule has 0 aliphatic heterocycles. The molecule has 2 fully saturated rings. The summed E-state index contributed by atoms with van der Waals surface area (Å²) in [5.74, 6) is -12.3. The fourth-order valence-electron chi connectivity index (χ4n) is 8.37. The van der Waals surface area contributed by atoms with E-state index in [1.54, 1.807) is 69.6 Å². The van der Waals surface area contributed by atoms with Crippen molar-refractivity contribution < 1.29 is 39.0 Å². The maximum atomic E-state index is 14.3. The van der Waals surface area contributed by atoms with E-state index in [1.165, 1.54) is 4.90 Å². The number of likely N-dealkylation sites (N-methyl/N-ethyl adjacent to an activating group) is 1. The van der Waals surface area contributed by atoms with Crippen LogP contribution in [0.2, 0.25) is 0 Å². The maximum absolute atomic E-state index is 14.3. The Kier molecular flexibility index (Phi) is 6.71. The topological polar surface area (TPSA) is 172 Å². The van der Waals surface area contributed by atoms with Gasteiger partial charge in [0, 0.05) is 17.0 Å². The second kappa shape index (κ2) is 10.0. The minimum Gasteiger partial charge on any atom is -0.507 e. The third-order valence-corrected chi connectivity index (χ3v) is 10.3. The lowest BCUT2D eigenvalue weighted by Crippen LogP contribution is -2.76. The van der Waals surface area contributed by atoms with Gasteiger partial charge in [0.05, 0.1) is 17.5 Å². The predicted molar refractivity (Wildman–Crippen MR) is 159 cm³/mol. The number of primary amides is 1. The smallest absolute Gasteiger partial charge is 0.235 e. The zero-order chi connectivity index (χ0) is 32.0. The molecule has 0 heterocycles. The van der Waals surface area contributed by atoms with Gasteiger partial charge >= 0.3 is 0 Å². The number of rotatable bonds is 4. The number of aliphatic hydroxyl groups is 1. The fraction of sp³-hybridized carbons (Fsp3) is 0.353. The van der Waals surface area contributed by atoms with Crippen molar-refractivity contribution in [2.24, 2.45) is 35.3 Å². The highest BCUT2D eigenvalue weighted by atomic mass is 16.3. The van der Waals surface area contributed by atoms with E-state index in [0.29, 0.717) is 33.0 Å². The molecule has 0 spiro atoms. The predicted octanol–water partition coefficient (Wildman–Crippen LogP) is 2.31. The van der Waals surface area contributed by atoms with E-state index in [4.69, 9.17) is 5.73 Å². The lowest BCUT2D eigenvalue weighted by Gasteiger charge is -2.57. The van der Waals surface area contributed by atoms with Crippen LogP contribution in [0.25, 0.3) is 21.9 Å². The van der Waals surface area contributed by atoms with Crippen LogP contribution in [0.5, 0.6) is 5.75 Å². The van der Waals surface area contributed by atoms with Crippen LogP contribution >= 0.6 is 0 Å². The molecule has 3 aliphatic rings. The van der Waals surface area contributed by atoms with E-state index >= 15 is 0 Å². The minimum absolute atomic E-state index is 0.0858. The Morgan fingerprint density at radius 3 is 2.18 bits per heavy atom. The van der Waals surface area contributed by atoms with Crippen molar-refractivity contribution in [1.29, 1.82) is 0 Å². The number of aromatic hydroxyl groups is 1. The summed E-state index contributed by atoms with van der Waals surface area (Å²) in [5, 5.41) is 25.0. The largest absolute Gasteiger partial charge is 0.507 e. The first-order valence-corrected chi connectivity index (χ1v) is 14.5. The van der Waals surface area contributed by atoms with Gasteiger partial charge in [-0.05, 0) is 53.7 Å². The Labute approximate surface area is 252 Å². The van der Waals surface area contributed by atoms with Gasteiger partial charge in [-0.3, -0.25) is 33.7 Å². The molecule has 4 N–H and O–H groups in total. The number of hydrogen-bond acceptors (Lipinski definition) is 9. The maximum Gasteiger partial charge on any atom is 0.235 e. The van der Waals surface area contributed by atoms with Crippen LogP contribution in [0.4, 0.5) is 0 Å². The standard InChI is InChI=1S/C34H32N2O8/c1-14-17-11-12-21(20-10-9-16(13-37)18-7-5-6-8-19(18)20)28(38)23(17)29(39)24-22(14)15(2)26-27(36(3)4)30(40)25(33(35)43)32(42)34(26,44)31(24)41/h5-15,22,24-27,38,44H,1-4H3,(H2,35,43)/t14-,15-,22-,24?,25?,26-,27-,34-/m0/s1. The molecule has 3 aromatic rings. The minimum atomic E-state index is -2.82. The van der Waals surface area contributed by atoms with E-state index in [1.807, 2.05) is 6.92 Å². The molecule has 10 heteroatoms. The van der Waals surface area contributed by atoms with Crippen molar-refractivity contribution in [2.75, 3.05) is 14.1 Å². The molecule has 0 saturated heterocycles. The van der Waals surface area contributed by atoms with Gasteiger partial charge in [-0.1, -0.05) is 62.4 Å². The highest BCUT2D eigenvalue weighted by Gasteiger charge is 2.72. The lowest BCUT2D eigenvalue weighted by atomic mass is 9.47. The molecule has 0 aromatic heterocycles. The zero-order valence-corrected chi connectivity index (χ0v) is 24.6. The molecular weight excluding hydrogens is 564 g/mol. The van der Waals surface area contributed by atoms with Crippen molar-refractivity contribution in [1.82, 2.24) is 4.90 Å². The number of carbonyl (C=O) groups is 6. The Hall–Kier alpha value is -4.54. The molecule has 2 saturated carbocycles. The molecule has 3 aromatic carbocycles.